The van der Waals surface area contributed by atoms with Crippen LogP contribution in [-0.2, 0) is 25.6 Å². The van der Waals surface area contributed by atoms with Gasteiger partial charge in [0.05, 0.1) is 29.8 Å². The first kappa shape index (κ1) is 39.9. The number of carboxylic acid groups (broad SMARTS) is 1. The van der Waals surface area contributed by atoms with Gasteiger partial charge in [-0.15, -0.1) is 0 Å². The number of benzene rings is 2. The lowest BCUT2D eigenvalue weighted by Crippen LogP contribution is -2.52. The molecular weight excluding hydrogens is 747 g/mol. The van der Waals surface area contributed by atoms with Crippen LogP contribution in [0.1, 0.15) is 80.8 Å². The maximum absolute atomic E-state index is 13.7. The quantitative estimate of drug-likeness (QED) is 0.110. The van der Waals surface area contributed by atoms with Crippen LogP contribution in [0.25, 0.3) is 21.9 Å². The molecule has 4 aromatic rings. The fraction of sp³-hybridized carbons (Fsp3) is 0.500. The van der Waals surface area contributed by atoms with Crippen molar-refractivity contribution in [3.63, 3.8) is 0 Å². The van der Waals surface area contributed by atoms with E-state index < -0.39 is 35.0 Å². The summed E-state index contributed by atoms with van der Waals surface area (Å²) in [6.07, 6.45) is 5.97. The zero-order chi connectivity index (χ0) is 40.5. The molecule has 2 aliphatic carbocycles. The molecule has 3 fully saturated rings. The first-order valence-electron chi connectivity index (χ1n) is 19.9. The number of H-pyrrole nitrogens is 1. The van der Waals surface area contributed by atoms with Gasteiger partial charge >= 0.3 is 23.2 Å². The lowest BCUT2D eigenvalue weighted by molar-refractivity contribution is -0.152. The van der Waals surface area contributed by atoms with E-state index in [0.29, 0.717) is 67.8 Å². The predicted molar refractivity (Wildman–Crippen MR) is 217 cm³/mol. The number of aryl methyl sites for hydroxylation is 2. The van der Waals surface area contributed by atoms with Crippen LogP contribution in [0.4, 0.5) is 17.1 Å². The lowest BCUT2D eigenvalue weighted by Gasteiger charge is -2.39. The second-order valence-electron chi connectivity index (χ2n) is 16.2. The number of carboxylic acids is 1. The highest BCUT2D eigenvalue weighted by Gasteiger charge is 2.39. The molecule has 0 bridgehead atoms. The molecular formula is C42H51N7O7S. The van der Waals surface area contributed by atoms with Gasteiger partial charge in [0.25, 0.3) is 0 Å². The zero-order valence-corrected chi connectivity index (χ0v) is 33.9. The number of carbonyl (C=O) groups is 3. The second-order valence-corrected chi connectivity index (χ2v) is 17.1. The topological polar surface area (TPSA) is 163 Å². The number of piperazine rings is 1. The standard InChI is InChI=1S/C42H51N7O7S/c1-24-11-12-26(3)35(21-24)56-57(54)46-32-22-29(13-14-34(32)47-15-17-48(18-16-47)40(50)30-9-7-8-10-31(30)41(51)52)38-44-39-36(33(43-6)23-49(39)45-38)42(53)55-37-27(4)19-25(2)20-28(37)5/h11-14,21-23,25,27-28,30-31,37,46H,7-10,15-20H2,1-5H3,(H,44,45)(H,51,52). The van der Waals surface area contributed by atoms with Crippen LogP contribution in [0.3, 0.4) is 0 Å². The van der Waals surface area contributed by atoms with Gasteiger partial charge in [0.15, 0.2) is 11.5 Å². The van der Waals surface area contributed by atoms with E-state index in [1.165, 1.54) is 0 Å². The van der Waals surface area contributed by atoms with E-state index in [-0.39, 0.29) is 40.7 Å². The number of rotatable bonds is 10. The number of fused-ring (bicyclic) bond motifs is 1. The summed E-state index contributed by atoms with van der Waals surface area (Å²) in [5.41, 5.74) is 4.15. The number of nitrogens with zero attached hydrogens (tertiary/aromatic N) is 5. The molecule has 2 aromatic carbocycles. The van der Waals surface area contributed by atoms with E-state index >= 15 is 0 Å². The largest absolute Gasteiger partial charge is 0.481 e. The molecule has 2 saturated carbocycles. The number of amides is 1. The fourth-order valence-corrected chi connectivity index (χ4v) is 9.82. The summed E-state index contributed by atoms with van der Waals surface area (Å²) < 4.78 is 30.2. The first-order valence-corrected chi connectivity index (χ1v) is 20.9. The van der Waals surface area contributed by atoms with Gasteiger partial charge in [0.2, 0.25) is 11.6 Å². The highest BCUT2D eigenvalue weighted by Crippen LogP contribution is 2.38. The molecule has 0 spiro atoms. The Morgan fingerprint density at radius 3 is 2.37 bits per heavy atom. The van der Waals surface area contributed by atoms with Crippen molar-refractivity contribution in [3.8, 4) is 17.1 Å². The fourth-order valence-electron chi connectivity index (χ4n) is 9.10. The molecule has 302 valence electrons. The number of esters is 1. The molecule has 3 aliphatic rings. The number of anilines is 2. The van der Waals surface area contributed by atoms with Crippen molar-refractivity contribution in [2.45, 2.75) is 79.2 Å². The molecule has 7 rings (SSSR count). The maximum atomic E-state index is 13.7. The number of aromatic nitrogens is 3. The molecule has 1 saturated heterocycles. The van der Waals surface area contributed by atoms with Crippen molar-refractivity contribution >= 4 is 51.8 Å². The van der Waals surface area contributed by atoms with Gasteiger partial charge in [-0.25, -0.2) is 14.6 Å². The van der Waals surface area contributed by atoms with Crippen LogP contribution in [0.2, 0.25) is 0 Å². The van der Waals surface area contributed by atoms with Gasteiger partial charge in [-0.1, -0.05) is 45.7 Å². The Morgan fingerprint density at radius 1 is 0.982 bits per heavy atom. The van der Waals surface area contributed by atoms with Crippen LogP contribution >= 0.6 is 0 Å². The monoisotopic (exact) mass is 797 g/mol. The van der Waals surface area contributed by atoms with Gasteiger partial charge in [-0.2, -0.15) is 4.21 Å². The van der Waals surface area contributed by atoms with Crippen LogP contribution in [0.5, 0.6) is 5.75 Å². The molecule has 5 atom stereocenters. The minimum atomic E-state index is -2.01. The molecule has 1 amide bonds. The van der Waals surface area contributed by atoms with Crippen molar-refractivity contribution in [1.82, 2.24) is 19.5 Å². The number of carbonyl (C=O) groups excluding carboxylic acids is 2. The third-order valence-electron chi connectivity index (χ3n) is 11.9. The minimum absolute atomic E-state index is 0.102. The lowest BCUT2D eigenvalue weighted by atomic mass is 9.75. The minimum Gasteiger partial charge on any atom is -0.481 e. The molecule has 57 heavy (non-hydrogen) atoms. The number of ether oxygens (including phenoxy) is 1. The first-order chi connectivity index (χ1) is 27.3. The van der Waals surface area contributed by atoms with Gasteiger partial charge < -0.3 is 23.8 Å². The number of nitrogens with one attached hydrogen (secondary N) is 2. The van der Waals surface area contributed by atoms with E-state index in [9.17, 15) is 23.7 Å². The van der Waals surface area contributed by atoms with Gasteiger partial charge in [0, 0.05) is 37.9 Å². The highest BCUT2D eigenvalue weighted by atomic mass is 32.2. The van der Waals surface area contributed by atoms with Crippen molar-refractivity contribution in [3.05, 3.63) is 70.7 Å². The molecule has 0 radical (unpaired) electrons. The number of hydrogen-bond acceptors (Lipinski definition) is 8. The molecule has 15 heteroatoms. The SMILES string of the molecule is [C-]#[N+]c1cn2[nH]c(-c3ccc(N4CCN(C(=O)C5CCCCC5C(=O)O)CC4)c(NS(=O)Oc4cc(C)ccc4C)c3)nc2c1C(=O)OC1C(C)CC(C)CC1C. The number of hydrogen-bond donors (Lipinski definition) is 3. The van der Waals surface area contributed by atoms with Crippen molar-refractivity contribution < 1.29 is 32.6 Å². The highest BCUT2D eigenvalue weighted by molar-refractivity contribution is 7.82. The van der Waals surface area contributed by atoms with E-state index in [2.05, 4.69) is 40.3 Å². The van der Waals surface area contributed by atoms with Crippen molar-refractivity contribution in [2.75, 3.05) is 35.8 Å². The summed E-state index contributed by atoms with van der Waals surface area (Å²) in [5.74, 6) is -0.928. The average Bonchev–Trinajstić information content (AvgIpc) is 3.75. The zero-order valence-electron chi connectivity index (χ0n) is 33.1. The van der Waals surface area contributed by atoms with Crippen LogP contribution in [0.15, 0.2) is 42.6 Å². The van der Waals surface area contributed by atoms with Gasteiger partial charge in [0.1, 0.15) is 17.4 Å². The summed E-state index contributed by atoms with van der Waals surface area (Å²) in [7, 11) is 0. The number of aliphatic carboxylic acids is 1. The molecule has 3 N–H and O–H groups in total. The van der Waals surface area contributed by atoms with Crippen molar-refractivity contribution in [1.29, 1.82) is 0 Å². The smallest absolute Gasteiger partial charge is 0.331 e. The van der Waals surface area contributed by atoms with Crippen LogP contribution in [0, 0.1) is 50.0 Å². The van der Waals surface area contributed by atoms with E-state index in [0.717, 1.165) is 42.5 Å². The second kappa shape index (κ2) is 16.6. The van der Waals surface area contributed by atoms with Gasteiger partial charge in [-0.05, 0) is 92.7 Å². The Morgan fingerprint density at radius 2 is 1.68 bits per heavy atom. The van der Waals surface area contributed by atoms with E-state index in [1.54, 1.807) is 21.7 Å². The van der Waals surface area contributed by atoms with Crippen LogP contribution in [-0.4, -0.2) is 78.9 Å². The number of aromatic amines is 1. The molecule has 1 aliphatic heterocycles. The molecule has 14 nitrogen and oxygen atoms in total. The third kappa shape index (κ3) is 8.37. The average molecular weight is 798 g/mol. The summed E-state index contributed by atoms with van der Waals surface area (Å²) in [6, 6.07) is 11.2. The normalized spacial score (nSPS) is 24.4. The van der Waals surface area contributed by atoms with Gasteiger partial charge in [-0.3, -0.25) is 23.9 Å². The Balaban J connectivity index is 1.16. The van der Waals surface area contributed by atoms with Crippen molar-refractivity contribution in [2.24, 2.45) is 29.6 Å². The Kier molecular flexibility index (Phi) is 11.6. The Labute approximate surface area is 335 Å². The maximum Gasteiger partial charge on any atom is 0.331 e. The molecule has 5 unspecified atom stereocenters. The summed E-state index contributed by atoms with van der Waals surface area (Å²) in [6.45, 7) is 19.8. The Hall–Kier alpha value is -5.36. The molecule has 2 aromatic heterocycles. The molecule has 3 heterocycles. The predicted octanol–water partition coefficient (Wildman–Crippen LogP) is 7.33. The summed E-state index contributed by atoms with van der Waals surface area (Å²) in [4.78, 5) is 51.5. The summed E-state index contributed by atoms with van der Waals surface area (Å²) in [5, 5.41) is 13.0. The summed E-state index contributed by atoms with van der Waals surface area (Å²) >= 11 is -2.01. The van der Waals surface area contributed by atoms with Crippen LogP contribution < -0.4 is 13.8 Å². The van der Waals surface area contributed by atoms with E-state index in [4.69, 9.17) is 20.5 Å². The third-order valence-corrected chi connectivity index (χ3v) is 12.7. The Bertz CT molecular complexity index is 2220. The van der Waals surface area contributed by atoms with E-state index in [1.807, 2.05) is 44.2 Å².